The van der Waals surface area contributed by atoms with E-state index >= 15 is 0 Å². The van der Waals surface area contributed by atoms with Crippen LogP contribution >= 0.6 is 0 Å². The average molecular weight is 296 g/mol. The Hall–Kier alpha value is -1.24. The van der Waals surface area contributed by atoms with Gasteiger partial charge in [-0.15, -0.1) is 0 Å². The van der Waals surface area contributed by atoms with Gasteiger partial charge in [-0.1, -0.05) is 31.6 Å². The first-order valence-electron chi connectivity index (χ1n) is 9.02. The van der Waals surface area contributed by atoms with Crippen molar-refractivity contribution in [2.75, 3.05) is 0 Å². The van der Waals surface area contributed by atoms with Crippen LogP contribution in [0.3, 0.4) is 0 Å². The van der Waals surface area contributed by atoms with E-state index in [2.05, 4.69) is 32.9 Å². The maximum Gasteiger partial charge on any atom is 0.115 e. The van der Waals surface area contributed by atoms with Gasteiger partial charge in [-0.3, -0.25) is 0 Å². The summed E-state index contributed by atoms with van der Waals surface area (Å²) in [5.74, 6) is 3.57. The van der Waals surface area contributed by atoms with Crippen molar-refractivity contribution in [2.24, 2.45) is 23.2 Å². The Kier molecular flexibility index (Phi) is 3.18. The Labute approximate surface area is 134 Å². The van der Waals surface area contributed by atoms with E-state index in [1.807, 2.05) is 12.1 Å². The summed E-state index contributed by atoms with van der Waals surface area (Å²) >= 11 is 0. The van der Waals surface area contributed by atoms with E-state index < -0.39 is 0 Å². The number of fused-ring (bicyclic) bond motifs is 5. The molecule has 3 aliphatic carbocycles. The van der Waals surface area contributed by atoms with Crippen LogP contribution < -0.4 is 0 Å². The molecule has 4 rings (SSSR count). The van der Waals surface area contributed by atoms with Crippen LogP contribution in [0.15, 0.2) is 29.8 Å². The van der Waals surface area contributed by atoms with E-state index in [4.69, 9.17) is 0 Å². The van der Waals surface area contributed by atoms with Gasteiger partial charge in [0.05, 0.1) is 0 Å². The van der Waals surface area contributed by atoms with Crippen LogP contribution in [-0.2, 0) is 6.42 Å². The Morgan fingerprint density at radius 3 is 2.86 bits per heavy atom. The van der Waals surface area contributed by atoms with E-state index in [1.165, 1.54) is 36.8 Å². The van der Waals surface area contributed by atoms with Crippen LogP contribution in [0, 0.1) is 23.2 Å². The molecule has 2 fully saturated rings. The van der Waals surface area contributed by atoms with Gasteiger partial charge in [-0.2, -0.15) is 0 Å². The first kappa shape index (κ1) is 14.4. The van der Waals surface area contributed by atoms with Gasteiger partial charge >= 0.3 is 0 Å². The summed E-state index contributed by atoms with van der Waals surface area (Å²) in [4.78, 5) is 0. The molecule has 3 aliphatic rings. The Morgan fingerprint density at radius 2 is 2.09 bits per heavy atom. The molecule has 1 N–H and O–H groups in total. The van der Waals surface area contributed by atoms with Crippen molar-refractivity contribution in [1.82, 2.24) is 0 Å². The third-order valence-corrected chi connectivity index (χ3v) is 7.25. The standard InChI is InChI=1S/C21H28O/c1-4-15-5-8-19-20-13(2)11-14-12-16(22)6-7-17(14)18(20)9-10-21(15,19)3/h4,6-7,12-13,18-20,22H,5,8-11H2,1-3H3/b15-4-/t13?,18?,19?,20?,21-/m1/s1. The monoisotopic (exact) mass is 296 g/mol. The van der Waals surface area contributed by atoms with Gasteiger partial charge in [0.1, 0.15) is 5.75 Å². The molecule has 0 saturated heterocycles. The van der Waals surface area contributed by atoms with Crippen LogP contribution in [0.1, 0.15) is 63.5 Å². The van der Waals surface area contributed by atoms with E-state index in [9.17, 15) is 5.11 Å². The third-order valence-electron chi connectivity index (χ3n) is 7.25. The Bertz CT molecular complexity index is 629. The lowest BCUT2D eigenvalue weighted by molar-refractivity contribution is 0.0490. The molecular weight excluding hydrogens is 268 g/mol. The number of benzene rings is 1. The predicted molar refractivity (Wildman–Crippen MR) is 91.0 cm³/mol. The molecule has 0 amide bonds. The molecule has 0 spiro atoms. The van der Waals surface area contributed by atoms with Crippen LogP contribution in [0.25, 0.3) is 0 Å². The first-order chi connectivity index (χ1) is 10.5. The lowest BCUT2D eigenvalue weighted by Gasteiger charge is -2.52. The van der Waals surface area contributed by atoms with Gasteiger partial charge in [0.2, 0.25) is 0 Å². The number of hydrogen-bond donors (Lipinski definition) is 1. The van der Waals surface area contributed by atoms with E-state index in [-0.39, 0.29) is 0 Å². The molecule has 0 radical (unpaired) electrons. The SMILES string of the molecule is C/C=C1/CCC2C3C(C)Cc4cc(O)ccc4C3CC[C@]12C. The van der Waals surface area contributed by atoms with Gasteiger partial charge in [-0.25, -0.2) is 0 Å². The number of rotatable bonds is 0. The summed E-state index contributed by atoms with van der Waals surface area (Å²) in [6.07, 6.45) is 8.90. The van der Waals surface area contributed by atoms with Crippen LogP contribution in [0.2, 0.25) is 0 Å². The zero-order valence-corrected chi connectivity index (χ0v) is 14.1. The molecule has 1 nitrogen and oxygen atoms in total. The quantitative estimate of drug-likeness (QED) is 0.632. The number of allylic oxidation sites excluding steroid dienone is 2. The normalized spacial score (nSPS) is 41.9. The van der Waals surface area contributed by atoms with Crippen LogP contribution in [0.5, 0.6) is 5.75 Å². The van der Waals surface area contributed by atoms with Crippen molar-refractivity contribution in [3.63, 3.8) is 0 Å². The summed E-state index contributed by atoms with van der Waals surface area (Å²) in [5.41, 5.74) is 5.12. The second kappa shape index (κ2) is 4.88. The highest BCUT2D eigenvalue weighted by Crippen LogP contribution is 2.63. The van der Waals surface area contributed by atoms with Crippen molar-refractivity contribution in [3.8, 4) is 5.75 Å². The molecule has 2 saturated carbocycles. The molecule has 0 aromatic heterocycles. The highest BCUT2D eigenvalue weighted by atomic mass is 16.3. The second-order valence-electron chi connectivity index (χ2n) is 8.16. The molecule has 1 heteroatoms. The summed E-state index contributed by atoms with van der Waals surface area (Å²) < 4.78 is 0. The fourth-order valence-electron chi connectivity index (χ4n) is 6.29. The predicted octanol–water partition coefficient (Wildman–Crippen LogP) is 5.44. The highest BCUT2D eigenvalue weighted by Gasteiger charge is 2.53. The third kappa shape index (κ3) is 1.84. The molecule has 5 atom stereocenters. The Balaban J connectivity index is 1.76. The minimum Gasteiger partial charge on any atom is -0.508 e. The molecule has 22 heavy (non-hydrogen) atoms. The zero-order valence-electron chi connectivity index (χ0n) is 14.1. The number of phenolic OH excluding ortho intramolecular Hbond substituents is 1. The van der Waals surface area contributed by atoms with E-state index in [0.29, 0.717) is 17.1 Å². The molecule has 0 aliphatic heterocycles. The Morgan fingerprint density at radius 1 is 1.27 bits per heavy atom. The average Bonchev–Trinajstić information content (AvgIpc) is 2.83. The lowest BCUT2D eigenvalue weighted by Crippen LogP contribution is -2.43. The maximum absolute atomic E-state index is 9.82. The smallest absolute Gasteiger partial charge is 0.115 e. The van der Waals surface area contributed by atoms with Crippen molar-refractivity contribution in [1.29, 1.82) is 0 Å². The van der Waals surface area contributed by atoms with Crippen LogP contribution in [-0.4, -0.2) is 5.11 Å². The fraction of sp³-hybridized carbons (Fsp3) is 0.619. The molecule has 118 valence electrons. The van der Waals surface area contributed by atoms with Crippen molar-refractivity contribution in [3.05, 3.63) is 41.0 Å². The molecule has 1 aromatic carbocycles. The highest BCUT2D eigenvalue weighted by molar-refractivity contribution is 5.41. The fourth-order valence-corrected chi connectivity index (χ4v) is 6.29. The second-order valence-corrected chi connectivity index (χ2v) is 8.16. The molecular formula is C21H28O. The van der Waals surface area contributed by atoms with Crippen LogP contribution in [0.4, 0.5) is 0 Å². The summed E-state index contributed by atoms with van der Waals surface area (Å²) in [5, 5.41) is 9.82. The number of aromatic hydroxyl groups is 1. The minimum absolute atomic E-state index is 0.433. The molecule has 4 unspecified atom stereocenters. The lowest BCUT2D eigenvalue weighted by atomic mass is 9.52. The summed E-state index contributed by atoms with van der Waals surface area (Å²) in [7, 11) is 0. The van der Waals surface area contributed by atoms with Crippen molar-refractivity contribution in [2.45, 2.75) is 58.8 Å². The topological polar surface area (TPSA) is 20.2 Å². The summed E-state index contributed by atoms with van der Waals surface area (Å²) in [6.45, 7) is 7.22. The number of phenols is 1. The molecule has 0 heterocycles. The van der Waals surface area contributed by atoms with Gasteiger partial charge in [0.15, 0.2) is 0 Å². The van der Waals surface area contributed by atoms with Gasteiger partial charge < -0.3 is 5.11 Å². The van der Waals surface area contributed by atoms with Crippen molar-refractivity contribution >= 4 is 0 Å². The van der Waals surface area contributed by atoms with Gasteiger partial charge in [0.25, 0.3) is 0 Å². The van der Waals surface area contributed by atoms with Gasteiger partial charge in [0, 0.05) is 0 Å². The maximum atomic E-state index is 9.82. The van der Waals surface area contributed by atoms with Gasteiger partial charge in [-0.05, 0) is 91.4 Å². The number of hydrogen-bond acceptors (Lipinski definition) is 1. The van der Waals surface area contributed by atoms with E-state index in [0.717, 1.165) is 24.2 Å². The zero-order chi connectivity index (χ0) is 15.5. The van der Waals surface area contributed by atoms with Crippen molar-refractivity contribution < 1.29 is 5.11 Å². The first-order valence-corrected chi connectivity index (χ1v) is 9.02. The van der Waals surface area contributed by atoms with E-state index in [1.54, 1.807) is 5.57 Å². The minimum atomic E-state index is 0.433. The molecule has 1 aromatic rings. The summed E-state index contributed by atoms with van der Waals surface area (Å²) in [6, 6.07) is 6.12. The molecule has 0 bridgehead atoms. The largest absolute Gasteiger partial charge is 0.508 e.